The van der Waals surface area contributed by atoms with E-state index in [0.717, 1.165) is 4.90 Å². The Kier molecular flexibility index (Phi) is 6.58. The van der Waals surface area contributed by atoms with Crippen LogP contribution in [0.3, 0.4) is 0 Å². The fraction of sp³-hybridized carbons (Fsp3) is 0.467. The van der Waals surface area contributed by atoms with Crippen LogP contribution >= 0.6 is 11.8 Å². The van der Waals surface area contributed by atoms with Gasteiger partial charge in [0.15, 0.2) is 5.41 Å². The minimum Gasteiger partial charge on any atom is -0.480 e. The molecule has 0 spiro atoms. The van der Waals surface area contributed by atoms with Gasteiger partial charge in [0.1, 0.15) is 0 Å². The van der Waals surface area contributed by atoms with Crippen LogP contribution in [0, 0.1) is 5.41 Å². The molecule has 0 aliphatic rings. The van der Waals surface area contributed by atoms with Crippen LogP contribution in [0.25, 0.3) is 0 Å². The van der Waals surface area contributed by atoms with Gasteiger partial charge in [0.2, 0.25) is 0 Å². The predicted octanol–water partition coefficient (Wildman–Crippen LogP) is 3.21. The summed E-state index contributed by atoms with van der Waals surface area (Å²) < 4.78 is 4.93. The van der Waals surface area contributed by atoms with Gasteiger partial charge in [0.25, 0.3) is 0 Å². The van der Waals surface area contributed by atoms with Crippen LogP contribution in [-0.2, 0) is 14.3 Å². The first-order valence-electron chi connectivity index (χ1n) is 6.65. The molecular weight excluding hydrogens is 276 g/mol. The summed E-state index contributed by atoms with van der Waals surface area (Å²) in [5.41, 5.74) is -1.43. The maximum atomic E-state index is 12.0. The number of benzene rings is 1. The molecular formula is C15H20O4S. The molecule has 20 heavy (non-hydrogen) atoms. The Labute approximate surface area is 123 Å². The van der Waals surface area contributed by atoms with E-state index >= 15 is 0 Å². The molecule has 0 radical (unpaired) electrons. The zero-order valence-corrected chi connectivity index (χ0v) is 12.6. The molecule has 1 aromatic carbocycles. The van der Waals surface area contributed by atoms with Crippen LogP contribution in [0.5, 0.6) is 0 Å². The largest absolute Gasteiger partial charge is 0.480 e. The first-order valence-corrected chi connectivity index (χ1v) is 7.64. The number of carboxylic acids is 1. The highest BCUT2D eigenvalue weighted by Crippen LogP contribution is 2.32. The van der Waals surface area contributed by atoms with Crippen molar-refractivity contribution in [2.75, 3.05) is 12.4 Å². The van der Waals surface area contributed by atoms with Crippen molar-refractivity contribution in [3.8, 4) is 0 Å². The lowest BCUT2D eigenvalue weighted by Crippen LogP contribution is -2.40. The second-order valence-corrected chi connectivity index (χ2v) is 5.54. The van der Waals surface area contributed by atoms with Gasteiger partial charge in [-0.05, 0) is 37.7 Å². The van der Waals surface area contributed by atoms with Crippen LogP contribution in [0.15, 0.2) is 35.2 Å². The van der Waals surface area contributed by atoms with E-state index in [0.29, 0.717) is 5.75 Å². The van der Waals surface area contributed by atoms with Gasteiger partial charge in [0, 0.05) is 4.90 Å². The van der Waals surface area contributed by atoms with E-state index in [9.17, 15) is 14.7 Å². The van der Waals surface area contributed by atoms with E-state index in [1.807, 2.05) is 30.3 Å². The lowest BCUT2D eigenvalue weighted by Gasteiger charge is -2.25. The fourth-order valence-corrected chi connectivity index (χ4v) is 2.93. The summed E-state index contributed by atoms with van der Waals surface area (Å²) >= 11 is 1.54. The lowest BCUT2D eigenvalue weighted by atomic mass is 9.82. The first kappa shape index (κ1) is 16.6. The van der Waals surface area contributed by atoms with E-state index < -0.39 is 17.4 Å². The molecule has 0 fully saturated rings. The van der Waals surface area contributed by atoms with Crippen molar-refractivity contribution in [1.82, 2.24) is 0 Å². The summed E-state index contributed by atoms with van der Waals surface area (Å²) in [5.74, 6) is -1.18. The highest BCUT2D eigenvalue weighted by Gasteiger charge is 2.45. The second-order valence-electron chi connectivity index (χ2n) is 4.37. The number of thioether (sulfide) groups is 1. The number of rotatable bonds is 8. The number of esters is 1. The molecule has 0 aliphatic carbocycles. The Bertz CT molecular complexity index is 446. The topological polar surface area (TPSA) is 63.6 Å². The standard InChI is InChI=1S/C15H20O4S/c1-3-15(13(16)17,14(18)19-4-2)10-11-20-12-8-6-5-7-9-12/h5-9H,3-4,10-11H2,1-2H3,(H,16,17). The monoisotopic (exact) mass is 296 g/mol. The third kappa shape index (κ3) is 4.00. The van der Waals surface area contributed by atoms with E-state index in [1.165, 1.54) is 0 Å². The Balaban J connectivity index is 2.70. The summed E-state index contributed by atoms with van der Waals surface area (Å²) in [6, 6.07) is 9.71. The predicted molar refractivity (Wildman–Crippen MR) is 78.8 cm³/mol. The van der Waals surface area contributed by atoms with Crippen molar-refractivity contribution in [3.05, 3.63) is 30.3 Å². The van der Waals surface area contributed by atoms with Crippen LogP contribution in [0.1, 0.15) is 26.7 Å². The molecule has 0 saturated heterocycles. The average Bonchev–Trinajstić information content (AvgIpc) is 2.44. The van der Waals surface area contributed by atoms with Crippen molar-refractivity contribution >= 4 is 23.7 Å². The van der Waals surface area contributed by atoms with E-state index in [4.69, 9.17) is 4.74 Å². The Hall–Kier alpha value is -1.49. The maximum Gasteiger partial charge on any atom is 0.323 e. The molecule has 1 rings (SSSR count). The third-order valence-corrected chi connectivity index (χ3v) is 4.23. The van der Waals surface area contributed by atoms with Crippen molar-refractivity contribution < 1.29 is 19.4 Å². The normalized spacial score (nSPS) is 13.5. The van der Waals surface area contributed by atoms with Gasteiger partial charge in [-0.25, -0.2) is 0 Å². The smallest absolute Gasteiger partial charge is 0.323 e. The number of carbonyl (C=O) groups excluding carboxylic acids is 1. The summed E-state index contributed by atoms with van der Waals surface area (Å²) in [6.45, 7) is 3.58. The van der Waals surface area contributed by atoms with Crippen molar-refractivity contribution in [1.29, 1.82) is 0 Å². The molecule has 0 amide bonds. The molecule has 4 nitrogen and oxygen atoms in total. The number of ether oxygens (including phenoxy) is 1. The lowest BCUT2D eigenvalue weighted by molar-refractivity contribution is -0.169. The summed E-state index contributed by atoms with van der Waals surface area (Å²) in [5, 5.41) is 9.41. The summed E-state index contributed by atoms with van der Waals surface area (Å²) in [4.78, 5) is 24.5. The van der Waals surface area contributed by atoms with Gasteiger partial charge < -0.3 is 9.84 Å². The first-order chi connectivity index (χ1) is 9.56. The van der Waals surface area contributed by atoms with Gasteiger partial charge in [-0.3, -0.25) is 9.59 Å². The minimum absolute atomic E-state index is 0.194. The summed E-state index contributed by atoms with van der Waals surface area (Å²) in [7, 11) is 0. The average molecular weight is 296 g/mol. The Morgan fingerprint density at radius 2 is 1.90 bits per heavy atom. The number of hydrogen-bond donors (Lipinski definition) is 1. The number of carboxylic acid groups (broad SMARTS) is 1. The minimum atomic E-state index is -1.43. The number of hydrogen-bond acceptors (Lipinski definition) is 4. The molecule has 1 N–H and O–H groups in total. The molecule has 1 unspecified atom stereocenters. The molecule has 110 valence electrons. The van der Waals surface area contributed by atoms with Crippen LogP contribution in [0.4, 0.5) is 0 Å². The molecule has 0 aromatic heterocycles. The molecule has 1 aromatic rings. The van der Waals surface area contributed by atoms with Crippen LogP contribution in [-0.4, -0.2) is 29.4 Å². The highest BCUT2D eigenvalue weighted by molar-refractivity contribution is 7.99. The van der Waals surface area contributed by atoms with Gasteiger partial charge in [-0.1, -0.05) is 25.1 Å². The van der Waals surface area contributed by atoms with Gasteiger partial charge in [-0.15, -0.1) is 11.8 Å². The zero-order valence-electron chi connectivity index (χ0n) is 11.8. The molecule has 1 atom stereocenters. The molecule has 0 bridgehead atoms. The Morgan fingerprint density at radius 1 is 1.25 bits per heavy atom. The quantitative estimate of drug-likeness (QED) is 0.453. The van der Waals surface area contributed by atoms with Gasteiger partial charge >= 0.3 is 11.9 Å². The molecule has 0 saturated carbocycles. The molecule has 5 heteroatoms. The Morgan fingerprint density at radius 3 is 2.40 bits per heavy atom. The summed E-state index contributed by atoms with van der Waals surface area (Å²) in [6.07, 6.45) is 0.494. The number of carbonyl (C=O) groups is 2. The van der Waals surface area contributed by atoms with E-state index in [-0.39, 0.29) is 19.4 Å². The van der Waals surface area contributed by atoms with Crippen molar-refractivity contribution in [3.63, 3.8) is 0 Å². The second kappa shape index (κ2) is 7.94. The maximum absolute atomic E-state index is 12.0. The van der Waals surface area contributed by atoms with E-state index in [1.54, 1.807) is 25.6 Å². The van der Waals surface area contributed by atoms with Gasteiger partial charge in [0.05, 0.1) is 6.61 Å². The van der Waals surface area contributed by atoms with Gasteiger partial charge in [-0.2, -0.15) is 0 Å². The van der Waals surface area contributed by atoms with Crippen molar-refractivity contribution in [2.24, 2.45) is 5.41 Å². The molecule has 0 aliphatic heterocycles. The van der Waals surface area contributed by atoms with Crippen molar-refractivity contribution in [2.45, 2.75) is 31.6 Å². The number of aliphatic carboxylic acids is 1. The third-order valence-electron chi connectivity index (χ3n) is 3.22. The zero-order chi connectivity index (χ0) is 15.0. The van der Waals surface area contributed by atoms with Crippen LogP contribution in [0.2, 0.25) is 0 Å². The fourth-order valence-electron chi connectivity index (χ4n) is 1.90. The SMILES string of the molecule is CCOC(=O)C(CC)(CCSc1ccccc1)C(=O)O. The molecule has 0 heterocycles. The van der Waals surface area contributed by atoms with Crippen LogP contribution < -0.4 is 0 Å². The highest BCUT2D eigenvalue weighted by atomic mass is 32.2. The van der Waals surface area contributed by atoms with E-state index in [2.05, 4.69) is 0 Å².